The van der Waals surface area contributed by atoms with Gasteiger partial charge < -0.3 is 24.1 Å². The van der Waals surface area contributed by atoms with Crippen LogP contribution < -0.4 is 0 Å². The van der Waals surface area contributed by atoms with Crippen molar-refractivity contribution < 1.29 is 48.0 Å². The molecular formula is C12H16O10. The van der Waals surface area contributed by atoms with Gasteiger partial charge in [0.05, 0.1) is 20.1 Å². The second-order valence-electron chi connectivity index (χ2n) is 3.86. The fraction of sp³-hybridized carbons (Fsp3) is 0.583. The number of aliphatic carboxylic acids is 1. The van der Waals surface area contributed by atoms with Gasteiger partial charge in [0.1, 0.15) is 12.8 Å². The largest absolute Gasteiger partial charge is 0.481 e. The summed E-state index contributed by atoms with van der Waals surface area (Å²) in [6.45, 7) is 0.745. The van der Waals surface area contributed by atoms with Gasteiger partial charge in [-0.15, -0.1) is 0 Å². The Balaban J connectivity index is 4.27. The van der Waals surface area contributed by atoms with Gasteiger partial charge in [0.2, 0.25) is 0 Å². The molecule has 1 unspecified atom stereocenters. The van der Waals surface area contributed by atoms with Crippen molar-refractivity contribution in [3.8, 4) is 0 Å². The van der Waals surface area contributed by atoms with Crippen molar-refractivity contribution in [2.24, 2.45) is 0 Å². The SMILES string of the molecule is COC(=O)CC(=O)OCCC(OC(C)=O)OC(=O)CC(=O)O. The Hall–Kier alpha value is -2.65. The zero-order valence-electron chi connectivity index (χ0n) is 12.0. The summed E-state index contributed by atoms with van der Waals surface area (Å²) in [4.78, 5) is 54.3. The van der Waals surface area contributed by atoms with E-state index in [0.29, 0.717) is 0 Å². The van der Waals surface area contributed by atoms with E-state index in [9.17, 15) is 24.0 Å². The number of methoxy groups -OCH3 is 1. The Labute approximate surface area is 125 Å². The summed E-state index contributed by atoms with van der Waals surface area (Å²) in [5.74, 6) is -4.94. The van der Waals surface area contributed by atoms with Crippen molar-refractivity contribution >= 4 is 29.8 Å². The molecule has 0 aromatic rings. The van der Waals surface area contributed by atoms with Gasteiger partial charge in [0.15, 0.2) is 0 Å². The van der Waals surface area contributed by atoms with Gasteiger partial charge in [-0.2, -0.15) is 0 Å². The summed E-state index contributed by atoms with van der Waals surface area (Å²) < 4.78 is 18.1. The quantitative estimate of drug-likeness (QED) is 0.253. The van der Waals surface area contributed by atoms with E-state index in [4.69, 9.17) is 5.11 Å². The van der Waals surface area contributed by atoms with Crippen LogP contribution in [-0.2, 0) is 42.9 Å². The maximum atomic E-state index is 11.2. The maximum Gasteiger partial charge on any atom is 0.320 e. The summed E-state index contributed by atoms with van der Waals surface area (Å²) >= 11 is 0. The number of hydrogen-bond donors (Lipinski definition) is 1. The van der Waals surface area contributed by atoms with Crippen molar-refractivity contribution in [1.82, 2.24) is 0 Å². The highest BCUT2D eigenvalue weighted by Gasteiger charge is 2.20. The number of carboxylic acid groups (broad SMARTS) is 1. The zero-order chi connectivity index (χ0) is 17.1. The van der Waals surface area contributed by atoms with E-state index >= 15 is 0 Å². The van der Waals surface area contributed by atoms with Crippen molar-refractivity contribution in [2.75, 3.05) is 13.7 Å². The molecule has 0 bridgehead atoms. The molecule has 0 aliphatic carbocycles. The molecule has 0 saturated carbocycles. The molecule has 0 radical (unpaired) electrons. The Morgan fingerprint density at radius 2 is 1.59 bits per heavy atom. The predicted octanol–water partition coefficient (Wildman–Crippen LogP) is -0.610. The van der Waals surface area contributed by atoms with E-state index in [1.807, 2.05) is 0 Å². The monoisotopic (exact) mass is 320 g/mol. The lowest BCUT2D eigenvalue weighted by Crippen LogP contribution is -2.27. The van der Waals surface area contributed by atoms with Crippen LogP contribution >= 0.6 is 0 Å². The third-order valence-corrected chi connectivity index (χ3v) is 1.99. The lowest BCUT2D eigenvalue weighted by molar-refractivity contribution is -0.189. The van der Waals surface area contributed by atoms with Crippen LogP contribution in [0.5, 0.6) is 0 Å². The summed E-state index contributed by atoms with van der Waals surface area (Å²) in [6.07, 6.45) is -3.10. The van der Waals surface area contributed by atoms with Crippen molar-refractivity contribution in [1.29, 1.82) is 0 Å². The molecular weight excluding hydrogens is 304 g/mol. The van der Waals surface area contributed by atoms with Gasteiger partial charge in [0.25, 0.3) is 6.29 Å². The summed E-state index contributed by atoms with van der Waals surface area (Å²) in [5, 5.41) is 8.41. The Bertz CT molecular complexity index is 441. The highest BCUT2D eigenvalue weighted by Crippen LogP contribution is 2.05. The normalized spacial score (nSPS) is 11.0. The first-order chi connectivity index (χ1) is 10.2. The minimum Gasteiger partial charge on any atom is -0.481 e. The average Bonchev–Trinajstić information content (AvgIpc) is 2.36. The Morgan fingerprint density at radius 1 is 0.955 bits per heavy atom. The third-order valence-electron chi connectivity index (χ3n) is 1.99. The maximum absolute atomic E-state index is 11.2. The van der Waals surface area contributed by atoms with Crippen molar-refractivity contribution in [2.45, 2.75) is 32.5 Å². The molecule has 10 nitrogen and oxygen atoms in total. The molecule has 0 aliphatic heterocycles. The molecule has 0 aromatic heterocycles. The van der Waals surface area contributed by atoms with E-state index in [2.05, 4.69) is 18.9 Å². The van der Waals surface area contributed by atoms with E-state index in [0.717, 1.165) is 14.0 Å². The van der Waals surface area contributed by atoms with Gasteiger partial charge >= 0.3 is 29.8 Å². The number of ether oxygens (including phenoxy) is 4. The standard InChI is InChI=1S/C12H16O10/c1-7(13)21-12(22-11(18)5-8(14)15)3-4-20-10(17)6-9(16)19-2/h12H,3-6H2,1-2H3,(H,14,15). The van der Waals surface area contributed by atoms with Crippen molar-refractivity contribution in [3.05, 3.63) is 0 Å². The zero-order valence-corrected chi connectivity index (χ0v) is 12.0. The first-order valence-electron chi connectivity index (χ1n) is 6.05. The number of hydrogen-bond acceptors (Lipinski definition) is 9. The fourth-order valence-corrected chi connectivity index (χ4v) is 1.15. The molecule has 22 heavy (non-hydrogen) atoms. The summed E-state index contributed by atoms with van der Waals surface area (Å²) in [7, 11) is 1.11. The highest BCUT2D eigenvalue weighted by atomic mass is 16.7. The van der Waals surface area contributed by atoms with Gasteiger partial charge in [-0.3, -0.25) is 24.0 Å². The molecule has 0 heterocycles. The molecule has 0 spiro atoms. The fourth-order valence-electron chi connectivity index (χ4n) is 1.15. The second kappa shape index (κ2) is 10.1. The van der Waals surface area contributed by atoms with Gasteiger partial charge in [0, 0.05) is 6.92 Å². The van der Waals surface area contributed by atoms with Crippen molar-refractivity contribution in [3.63, 3.8) is 0 Å². The number of esters is 4. The van der Waals surface area contributed by atoms with Crippen LogP contribution in [0.1, 0.15) is 26.2 Å². The van der Waals surface area contributed by atoms with Crippen LogP contribution in [0.15, 0.2) is 0 Å². The summed E-state index contributed by atoms with van der Waals surface area (Å²) in [6, 6.07) is 0. The number of carboxylic acids is 1. The lowest BCUT2D eigenvalue weighted by Gasteiger charge is -2.16. The third kappa shape index (κ3) is 10.2. The summed E-state index contributed by atoms with van der Waals surface area (Å²) in [5.41, 5.74) is 0. The molecule has 1 atom stereocenters. The molecule has 0 aromatic carbocycles. The topological polar surface area (TPSA) is 142 Å². The highest BCUT2D eigenvalue weighted by molar-refractivity contribution is 5.91. The molecule has 0 rings (SSSR count). The first kappa shape index (κ1) is 19.4. The van der Waals surface area contributed by atoms with Crippen LogP contribution in [-0.4, -0.2) is 55.0 Å². The first-order valence-corrected chi connectivity index (χ1v) is 6.05. The molecule has 124 valence electrons. The molecule has 0 aliphatic rings. The van der Waals surface area contributed by atoms with E-state index in [1.165, 1.54) is 0 Å². The van der Waals surface area contributed by atoms with Gasteiger partial charge in [-0.05, 0) is 0 Å². The number of carbonyl (C=O) groups is 5. The Morgan fingerprint density at radius 3 is 2.09 bits per heavy atom. The minimum absolute atomic E-state index is 0.210. The predicted molar refractivity (Wildman–Crippen MR) is 66.1 cm³/mol. The lowest BCUT2D eigenvalue weighted by atomic mass is 10.4. The molecule has 1 N–H and O–H groups in total. The Kier molecular flexibility index (Phi) is 8.91. The molecule has 0 saturated heterocycles. The average molecular weight is 320 g/mol. The van der Waals surface area contributed by atoms with E-state index < -0.39 is 49.0 Å². The van der Waals surface area contributed by atoms with Crippen LogP contribution in [0.25, 0.3) is 0 Å². The van der Waals surface area contributed by atoms with Gasteiger partial charge in [-0.1, -0.05) is 0 Å². The second-order valence-corrected chi connectivity index (χ2v) is 3.86. The van der Waals surface area contributed by atoms with Gasteiger partial charge in [-0.25, -0.2) is 0 Å². The number of carbonyl (C=O) groups excluding carboxylic acids is 4. The molecule has 10 heteroatoms. The number of rotatable bonds is 9. The molecule has 0 amide bonds. The van der Waals surface area contributed by atoms with Crippen LogP contribution in [0.4, 0.5) is 0 Å². The van der Waals surface area contributed by atoms with E-state index in [1.54, 1.807) is 0 Å². The van der Waals surface area contributed by atoms with E-state index in [-0.39, 0.29) is 13.0 Å². The van der Waals surface area contributed by atoms with Crippen LogP contribution in [0.2, 0.25) is 0 Å². The van der Waals surface area contributed by atoms with Crippen LogP contribution in [0, 0.1) is 0 Å². The minimum atomic E-state index is -1.41. The molecule has 0 fully saturated rings. The van der Waals surface area contributed by atoms with Crippen LogP contribution in [0.3, 0.4) is 0 Å². The smallest absolute Gasteiger partial charge is 0.320 e.